The molecule has 3 nitrogen and oxygen atoms in total. The summed E-state index contributed by atoms with van der Waals surface area (Å²) < 4.78 is 35.7. The van der Waals surface area contributed by atoms with Crippen LogP contribution in [0.15, 0.2) is 60.8 Å². The first-order valence-corrected chi connectivity index (χ1v) is 9.12. The zero-order valence-electron chi connectivity index (χ0n) is 15.2. The second kappa shape index (κ2) is 7.53. The Balaban J connectivity index is 1.76. The van der Waals surface area contributed by atoms with Crippen molar-refractivity contribution in [3.05, 3.63) is 89.2 Å². The minimum Gasteiger partial charge on any atom is -0.497 e. The molecule has 0 saturated heterocycles. The maximum Gasteiger partial charge on any atom is 0.131 e. The number of hydrogen-bond donors (Lipinski definition) is 0. The molecule has 3 aromatic rings. The molecule has 4 rings (SSSR count). The van der Waals surface area contributed by atoms with Crippen LogP contribution in [0.1, 0.15) is 29.3 Å². The first kappa shape index (κ1) is 17.7. The van der Waals surface area contributed by atoms with Crippen LogP contribution in [0.3, 0.4) is 0 Å². The largest absolute Gasteiger partial charge is 0.497 e. The van der Waals surface area contributed by atoms with Crippen molar-refractivity contribution >= 4 is 0 Å². The summed E-state index contributed by atoms with van der Waals surface area (Å²) >= 11 is 0. The van der Waals surface area contributed by atoms with Crippen LogP contribution in [0.25, 0.3) is 0 Å². The molecule has 0 amide bonds. The van der Waals surface area contributed by atoms with Crippen LogP contribution in [0, 0.1) is 11.6 Å². The molecule has 0 saturated carbocycles. The molecule has 0 N–H and O–H groups in total. The van der Waals surface area contributed by atoms with Crippen molar-refractivity contribution in [1.29, 1.82) is 0 Å². The molecule has 0 radical (unpaired) electrons. The van der Waals surface area contributed by atoms with Crippen LogP contribution in [-0.2, 0) is 13.1 Å². The number of ether oxygens (including phenoxy) is 1. The van der Waals surface area contributed by atoms with Gasteiger partial charge in [-0.25, -0.2) is 8.78 Å². The van der Waals surface area contributed by atoms with E-state index in [0.717, 1.165) is 42.6 Å². The molecule has 27 heavy (non-hydrogen) atoms. The van der Waals surface area contributed by atoms with E-state index in [2.05, 4.69) is 9.47 Å². The summed E-state index contributed by atoms with van der Waals surface area (Å²) in [6.45, 7) is 2.36. The average Bonchev–Trinajstić information content (AvgIpc) is 3.05. The van der Waals surface area contributed by atoms with Crippen LogP contribution >= 0.6 is 0 Å². The minimum absolute atomic E-state index is 0.269. The van der Waals surface area contributed by atoms with Gasteiger partial charge in [0, 0.05) is 43.2 Å². The Hall–Kier alpha value is -2.66. The van der Waals surface area contributed by atoms with E-state index in [4.69, 9.17) is 4.74 Å². The van der Waals surface area contributed by atoms with E-state index in [-0.39, 0.29) is 6.04 Å². The van der Waals surface area contributed by atoms with E-state index < -0.39 is 11.6 Å². The Morgan fingerprint density at radius 3 is 2.74 bits per heavy atom. The summed E-state index contributed by atoms with van der Waals surface area (Å²) in [5.74, 6) is -0.264. The van der Waals surface area contributed by atoms with E-state index in [1.807, 2.05) is 42.6 Å². The highest BCUT2D eigenvalue weighted by Crippen LogP contribution is 2.34. The second-order valence-corrected chi connectivity index (χ2v) is 6.87. The Morgan fingerprint density at radius 2 is 1.93 bits per heavy atom. The van der Waals surface area contributed by atoms with Crippen molar-refractivity contribution in [2.75, 3.05) is 13.7 Å². The molecule has 0 fully saturated rings. The van der Waals surface area contributed by atoms with Gasteiger partial charge >= 0.3 is 0 Å². The molecular formula is C22H22F2N2O. The van der Waals surface area contributed by atoms with Gasteiger partial charge in [0.25, 0.3) is 0 Å². The fourth-order valence-corrected chi connectivity index (χ4v) is 3.89. The molecule has 1 aliphatic rings. The van der Waals surface area contributed by atoms with Gasteiger partial charge in [-0.1, -0.05) is 18.2 Å². The van der Waals surface area contributed by atoms with Crippen LogP contribution in [0.4, 0.5) is 8.78 Å². The number of rotatable bonds is 4. The SMILES string of the molecule is COc1cccc(CN2CCCn3cccc3C2c2ccc(F)cc2F)c1. The number of aryl methyl sites for hydroxylation is 1. The maximum atomic E-state index is 14.7. The summed E-state index contributed by atoms with van der Waals surface area (Å²) in [6.07, 6.45) is 2.99. The fraction of sp³-hybridized carbons (Fsp3) is 0.273. The summed E-state index contributed by atoms with van der Waals surface area (Å²) in [5, 5.41) is 0. The van der Waals surface area contributed by atoms with Crippen molar-refractivity contribution in [2.45, 2.75) is 25.6 Å². The highest BCUT2D eigenvalue weighted by atomic mass is 19.1. The number of halogens is 2. The Morgan fingerprint density at radius 1 is 1.04 bits per heavy atom. The first-order valence-electron chi connectivity index (χ1n) is 9.12. The van der Waals surface area contributed by atoms with E-state index in [9.17, 15) is 8.78 Å². The van der Waals surface area contributed by atoms with Gasteiger partial charge < -0.3 is 9.30 Å². The summed E-state index contributed by atoms with van der Waals surface area (Å²) in [6, 6.07) is 15.5. The number of benzene rings is 2. The van der Waals surface area contributed by atoms with Crippen molar-refractivity contribution in [3.8, 4) is 5.75 Å². The Bertz CT molecular complexity index is 938. The van der Waals surface area contributed by atoms with Gasteiger partial charge in [0.1, 0.15) is 17.4 Å². The van der Waals surface area contributed by atoms with E-state index in [0.29, 0.717) is 12.1 Å². The predicted octanol–water partition coefficient (Wildman–Crippen LogP) is 4.77. The summed E-state index contributed by atoms with van der Waals surface area (Å²) in [4.78, 5) is 2.25. The lowest BCUT2D eigenvalue weighted by atomic mass is 10.00. The molecule has 2 aromatic carbocycles. The van der Waals surface area contributed by atoms with Gasteiger partial charge in [0.15, 0.2) is 0 Å². The molecule has 0 bridgehead atoms. The molecule has 140 valence electrons. The molecule has 0 spiro atoms. The fourth-order valence-electron chi connectivity index (χ4n) is 3.89. The van der Waals surface area contributed by atoms with Crippen molar-refractivity contribution < 1.29 is 13.5 Å². The zero-order valence-corrected chi connectivity index (χ0v) is 15.2. The number of aromatic nitrogens is 1. The number of fused-ring (bicyclic) bond motifs is 1. The first-order chi connectivity index (χ1) is 13.2. The smallest absolute Gasteiger partial charge is 0.131 e. The second-order valence-electron chi connectivity index (χ2n) is 6.87. The van der Waals surface area contributed by atoms with Gasteiger partial charge in [-0.15, -0.1) is 0 Å². The van der Waals surface area contributed by atoms with E-state index in [1.54, 1.807) is 13.2 Å². The third-order valence-corrected chi connectivity index (χ3v) is 5.13. The lowest BCUT2D eigenvalue weighted by Crippen LogP contribution is -2.30. The number of hydrogen-bond acceptors (Lipinski definition) is 2. The molecule has 1 unspecified atom stereocenters. The zero-order chi connectivity index (χ0) is 18.8. The van der Waals surface area contributed by atoms with Crippen LogP contribution < -0.4 is 4.74 Å². The Labute approximate surface area is 157 Å². The molecule has 2 heterocycles. The maximum absolute atomic E-state index is 14.7. The lowest BCUT2D eigenvalue weighted by Gasteiger charge is -2.31. The Kier molecular flexibility index (Phi) is 4.94. The molecule has 0 aliphatic carbocycles. The van der Waals surface area contributed by atoms with Crippen LogP contribution in [-0.4, -0.2) is 23.1 Å². The highest BCUT2D eigenvalue weighted by molar-refractivity contribution is 5.33. The topological polar surface area (TPSA) is 17.4 Å². The van der Waals surface area contributed by atoms with Crippen molar-refractivity contribution in [1.82, 2.24) is 9.47 Å². The average molecular weight is 368 g/mol. The third-order valence-electron chi connectivity index (χ3n) is 5.13. The summed E-state index contributed by atoms with van der Waals surface area (Å²) in [5.41, 5.74) is 2.63. The minimum atomic E-state index is -0.556. The van der Waals surface area contributed by atoms with E-state index in [1.165, 1.54) is 6.07 Å². The standard InChI is InChI=1S/C22H22F2N2O/c1-27-18-6-2-5-16(13-18)15-26-12-4-11-25-10-3-7-21(25)22(26)19-9-8-17(23)14-20(19)24/h2-3,5-10,13-14,22H,4,11-12,15H2,1H3. The quantitative estimate of drug-likeness (QED) is 0.660. The number of methoxy groups -OCH3 is 1. The highest BCUT2D eigenvalue weighted by Gasteiger charge is 2.29. The molecule has 1 aromatic heterocycles. The third kappa shape index (κ3) is 3.60. The summed E-state index contributed by atoms with van der Waals surface area (Å²) in [7, 11) is 1.65. The van der Waals surface area contributed by atoms with Gasteiger partial charge in [-0.2, -0.15) is 0 Å². The predicted molar refractivity (Wildman–Crippen MR) is 101 cm³/mol. The number of nitrogens with zero attached hydrogens (tertiary/aromatic N) is 2. The molecule has 5 heteroatoms. The monoisotopic (exact) mass is 368 g/mol. The molecule has 1 atom stereocenters. The van der Waals surface area contributed by atoms with Gasteiger partial charge in [-0.05, 0) is 42.3 Å². The van der Waals surface area contributed by atoms with Gasteiger partial charge in [-0.3, -0.25) is 4.90 Å². The van der Waals surface area contributed by atoms with Crippen LogP contribution in [0.5, 0.6) is 5.75 Å². The lowest BCUT2D eigenvalue weighted by molar-refractivity contribution is 0.216. The van der Waals surface area contributed by atoms with Gasteiger partial charge in [0.2, 0.25) is 0 Å². The molecule has 1 aliphatic heterocycles. The van der Waals surface area contributed by atoms with Crippen molar-refractivity contribution in [2.24, 2.45) is 0 Å². The van der Waals surface area contributed by atoms with E-state index >= 15 is 0 Å². The van der Waals surface area contributed by atoms with Crippen LogP contribution in [0.2, 0.25) is 0 Å². The van der Waals surface area contributed by atoms with Crippen molar-refractivity contribution in [3.63, 3.8) is 0 Å². The molecular weight excluding hydrogens is 346 g/mol. The normalized spacial score (nSPS) is 17.4. The van der Waals surface area contributed by atoms with Gasteiger partial charge in [0.05, 0.1) is 13.2 Å².